The van der Waals surface area contributed by atoms with Crippen molar-refractivity contribution in [3.05, 3.63) is 28.8 Å². The Labute approximate surface area is 142 Å². The standard InChI is InChI=1S/C16H21ClN2O3S/c17-16-8-7-15(11-13(16)12-18)23(20,21)19-9-4-10-22-14-5-2-1-3-6-14/h7-8,11,14,19H,1-6,9-10H2. The summed E-state index contributed by atoms with van der Waals surface area (Å²) in [4.78, 5) is 0.0478. The molecule has 2 rings (SSSR count). The van der Waals surface area contributed by atoms with Crippen LogP contribution >= 0.6 is 11.6 Å². The van der Waals surface area contributed by atoms with Crippen LogP contribution in [0.1, 0.15) is 44.1 Å². The minimum atomic E-state index is -3.63. The highest BCUT2D eigenvalue weighted by Gasteiger charge is 2.16. The lowest BCUT2D eigenvalue weighted by Crippen LogP contribution is -2.26. The van der Waals surface area contributed by atoms with Gasteiger partial charge in [-0.3, -0.25) is 0 Å². The van der Waals surface area contributed by atoms with Crippen LogP contribution in [0.2, 0.25) is 5.02 Å². The second-order valence-electron chi connectivity index (χ2n) is 5.64. The lowest BCUT2D eigenvalue weighted by atomic mass is 9.98. The highest BCUT2D eigenvalue weighted by Crippen LogP contribution is 2.21. The Hall–Kier alpha value is -1.13. The molecule has 0 spiro atoms. The number of nitrogens with one attached hydrogen (secondary N) is 1. The maximum atomic E-state index is 12.2. The van der Waals surface area contributed by atoms with Crippen molar-refractivity contribution in [3.8, 4) is 6.07 Å². The van der Waals surface area contributed by atoms with E-state index in [2.05, 4.69) is 4.72 Å². The SMILES string of the molecule is N#Cc1cc(S(=O)(=O)NCCCOC2CCCCC2)ccc1Cl. The second-order valence-corrected chi connectivity index (χ2v) is 7.81. The molecule has 1 aliphatic rings. The first-order chi connectivity index (χ1) is 11.0. The molecule has 0 bridgehead atoms. The number of nitrogens with zero attached hydrogens (tertiary/aromatic N) is 1. The first-order valence-corrected chi connectivity index (χ1v) is 9.70. The molecular weight excluding hydrogens is 336 g/mol. The van der Waals surface area contributed by atoms with E-state index in [1.165, 1.54) is 37.5 Å². The summed E-state index contributed by atoms with van der Waals surface area (Å²) < 4.78 is 32.6. The fourth-order valence-corrected chi connectivity index (χ4v) is 3.86. The van der Waals surface area contributed by atoms with E-state index in [9.17, 15) is 8.42 Å². The summed E-state index contributed by atoms with van der Waals surface area (Å²) in [5.74, 6) is 0. The summed E-state index contributed by atoms with van der Waals surface area (Å²) in [6, 6.07) is 5.97. The minimum absolute atomic E-state index is 0.0478. The molecule has 1 saturated carbocycles. The van der Waals surface area contributed by atoms with Gasteiger partial charge < -0.3 is 4.74 Å². The number of halogens is 1. The normalized spacial score (nSPS) is 16.2. The summed E-state index contributed by atoms with van der Waals surface area (Å²) in [5, 5.41) is 9.16. The summed E-state index contributed by atoms with van der Waals surface area (Å²) in [6.45, 7) is 0.858. The molecule has 7 heteroatoms. The Balaban J connectivity index is 1.79. The number of rotatable bonds is 7. The zero-order valence-corrected chi connectivity index (χ0v) is 14.5. The van der Waals surface area contributed by atoms with Crippen molar-refractivity contribution in [1.82, 2.24) is 4.72 Å². The Morgan fingerprint density at radius 2 is 2.04 bits per heavy atom. The van der Waals surface area contributed by atoms with Gasteiger partial charge in [-0.15, -0.1) is 0 Å². The Morgan fingerprint density at radius 3 is 2.74 bits per heavy atom. The van der Waals surface area contributed by atoms with E-state index in [0.717, 1.165) is 12.8 Å². The number of sulfonamides is 1. The van der Waals surface area contributed by atoms with Gasteiger partial charge in [0.15, 0.2) is 0 Å². The molecule has 0 aliphatic heterocycles. The van der Waals surface area contributed by atoms with Crippen LogP contribution in [0.4, 0.5) is 0 Å². The van der Waals surface area contributed by atoms with E-state index < -0.39 is 10.0 Å². The molecule has 0 atom stereocenters. The van der Waals surface area contributed by atoms with Gasteiger partial charge in [-0.25, -0.2) is 13.1 Å². The smallest absolute Gasteiger partial charge is 0.240 e. The average molecular weight is 357 g/mol. The van der Waals surface area contributed by atoms with Gasteiger partial charge in [-0.05, 0) is 37.5 Å². The second kappa shape index (κ2) is 8.65. The molecule has 1 aliphatic carbocycles. The van der Waals surface area contributed by atoms with Gasteiger partial charge in [-0.2, -0.15) is 5.26 Å². The molecule has 1 N–H and O–H groups in total. The fourth-order valence-electron chi connectivity index (χ4n) is 2.60. The molecule has 0 unspecified atom stereocenters. The van der Waals surface area contributed by atoms with Crippen LogP contribution in [0, 0.1) is 11.3 Å². The zero-order chi connectivity index (χ0) is 16.7. The third kappa shape index (κ3) is 5.47. The van der Waals surface area contributed by atoms with Crippen LogP contribution in [0.5, 0.6) is 0 Å². The summed E-state index contributed by atoms with van der Waals surface area (Å²) in [5.41, 5.74) is 0.148. The van der Waals surface area contributed by atoms with Crippen molar-refractivity contribution < 1.29 is 13.2 Å². The predicted molar refractivity (Wildman–Crippen MR) is 88.8 cm³/mol. The molecule has 23 heavy (non-hydrogen) atoms. The van der Waals surface area contributed by atoms with Crippen LogP contribution in [-0.4, -0.2) is 27.7 Å². The van der Waals surface area contributed by atoms with E-state index in [1.807, 2.05) is 6.07 Å². The average Bonchev–Trinajstić information content (AvgIpc) is 2.55. The van der Waals surface area contributed by atoms with Gasteiger partial charge in [0.1, 0.15) is 6.07 Å². The molecule has 1 aromatic rings. The van der Waals surface area contributed by atoms with Gasteiger partial charge in [-0.1, -0.05) is 30.9 Å². The molecule has 0 radical (unpaired) electrons. The Morgan fingerprint density at radius 1 is 1.30 bits per heavy atom. The van der Waals surface area contributed by atoms with Crippen LogP contribution in [-0.2, 0) is 14.8 Å². The van der Waals surface area contributed by atoms with Gasteiger partial charge in [0.2, 0.25) is 10.0 Å². The van der Waals surface area contributed by atoms with Gasteiger partial charge in [0, 0.05) is 13.2 Å². The molecule has 1 fully saturated rings. The largest absolute Gasteiger partial charge is 0.378 e. The highest BCUT2D eigenvalue weighted by atomic mass is 35.5. The van der Waals surface area contributed by atoms with Gasteiger partial charge >= 0.3 is 0 Å². The number of benzene rings is 1. The number of hydrogen-bond acceptors (Lipinski definition) is 4. The third-order valence-electron chi connectivity index (χ3n) is 3.89. The summed E-state index contributed by atoms with van der Waals surface area (Å²) >= 11 is 5.81. The van der Waals surface area contributed by atoms with E-state index >= 15 is 0 Å². The summed E-state index contributed by atoms with van der Waals surface area (Å²) in [7, 11) is -3.63. The van der Waals surface area contributed by atoms with Crippen LogP contribution in [0.15, 0.2) is 23.1 Å². The van der Waals surface area contributed by atoms with Crippen molar-refractivity contribution in [2.45, 2.75) is 49.5 Å². The predicted octanol–water partition coefficient (Wildman–Crippen LogP) is 3.23. The molecular formula is C16H21ClN2O3S. The third-order valence-corrected chi connectivity index (χ3v) is 5.68. The number of ether oxygens (including phenoxy) is 1. The molecule has 0 amide bonds. The Bertz CT molecular complexity index is 664. The first-order valence-electron chi connectivity index (χ1n) is 7.84. The van der Waals surface area contributed by atoms with E-state index in [0.29, 0.717) is 25.7 Å². The van der Waals surface area contributed by atoms with E-state index in [1.54, 1.807) is 0 Å². The molecule has 0 heterocycles. The van der Waals surface area contributed by atoms with E-state index in [4.69, 9.17) is 21.6 Å². The van der Waals surface area contributed by atoms with Crippen molar-refractivity contribution in [1.29, 1.82) is 5.26 Å². The number of hydrogen-bond donors (Lipinski definition) is 1. The van der Waals surface area contributed by atoms with E-state index in [-0.39, 0.29) is 15.5 Å². The maximum absolute atomic E-state index is 12.2. The van der Waals surface area contributed by atoms with Crippen molar-refractivity contribution in [2.24, 2.45) is 0 Å². The lowest BCUT2D eigenvalue weighted by Gasteiger charge is -2.21. The van der Waals surface area contributed by atoms with Crippen molar-refractivity contribution in [2.75, 3.05) is 13.2 Å². The molecule has 126 valence electrons. The quantitative estimate of drug-likeness (QED) is 0.760. The maximum Gasteiger partial charge on any atom is 0.240 e. The fraction of sp³-hybridized carbons (Fsp3) is 0.562. The number of nitriles is 1. The minimum Gasteiger partial charge on any atom is -0.378 e. The highest BCUT2D eigenvalue weighted by molar-refractivity contribution is 7.89. The van der Waals surface area contributed by atoms with Crippen LogP contribution in [0.3, 0.4) is 0 Å². The van der Waals surface area contributed by atoms with Crippen LogP contribution < -0.4 is 4.72 Å². The Kier molecular flexibility index (Phi) is 6.85. The van der Waals surface area contributed by atoms with Crippen molar-refractivity contribution in [3.63, 3.8) is 0 Å². The topological polar surface area (TPSA) is 79.2 Å². The molecule has 1 aromatic carbocycles. The van der Waals surface area contributed by atoms with Crippen molar-refractivity contribution >= 4 is 21.6 Å². The molecule has 0 aromatic heterocycles. The molecule has 0 saturated heterocycles. The summed E-state index contributed by atoms with van der Waals surface area (Å²) in [6.07, 6.45) is 6.88. The monoisotopic (exact) mass is 356 g/mol. The lowest BCUT2D eigenvalue weighted by molar-refractivity contribution is 0.0278. The molecule has 5 nitrogen and oxygen atoms in total. The first kappa shape index (κ1) is 18.2. The van der Waals surface area contributed by atoms with Crippen LogP contribution in [0.25, 0.3) is 0 Å². The zero-order valence-electron chi connectivity index (χ0n) is 12.9. The van der Waals surface area contributed by atoms with Gasteiger partial charge in [0.25, 0.3) is 0 Å². The van der Waals surface area contributed by atoms with Gasteiger partial charge in [0.05, 0.1) is 21.6 Å².